The molecule has 0 aliphatic carbocycles. The Labute approximate surface area is 174 Å². The van der Waals surface area contributed by atoms with Gasteiger partial charge >= 0.3 is 0 Å². The van der Waals surface area contributed by atoms with E-state index in [0.29, 0.717) is 25.4 Å². The summed E-state index contributed by atoms with van der Waals surface area (Å²) < 4.78 is 10.8. The van der Waals surface area contributed by atoms with Crippen LogP contribution in [0.2, 0.25) is 0 Å². The standard InChI is InChI=1S/C22H24N2O4S/c1-3-23(12-15-4-9-19-20(10-15)28-14-27-19)22(26)16-11-21(25)24(13-16)17-5-7-18(29-2)8-6-17/h4-10,16H,3,11-14H2,1-2H3/t16-/m0/s1. The highest BCUT2D eigenvalue weighted by Crippen LogP contribution is 2.33. The number of rotatable bonds is 6. The summed E-state index contributed by atoms with van der Waals surface area (Å²) in [6.45, 7) is 3.68. The number of ether oxygens (including phenoxy) is 2. The van der Waals surface area contributed by atoms with E-state index in [-0.39, 0.29) is 30.9 Å². The Hall–Kier alpha value is -2.67. The minimum Gasteiger partial charge on any atom is -0.454 e. The van der Waals surface area contributed by atoms with Gasteiger partial charge in [0.15, 0.2) is 11.5 Å². The predicted octanol–water partition coefficient (Wildman–Crippen LogP) is 3.54. The van der Waals surface area contributed by atoms with Crippen LogP contribution in [0.25, 0.3) is 0 Å². The Balaban J connectivity index is 1.44. The third-order valence-electron chi connectivity index (χ3n) is 5.36. The lowest BCUT2D eigenvalue weighted by Gasteiger charge is -2.24. The third-order valence-corrected chi connectivity index (χ3v) is 6.11. The van der Waals surface area contributed by atoms with Gasteiger partial charge in [0, 0.05) is 36.6 Å². The largest absolute Gasteiger partial charge is 0.454 e. The molecule has 7 heteroatoms. The third kappa shape index (κ3) is 4.05. The molecule has 6 nitrogen and oxygen atoms in total. The summed E-state index contributed by atoms with van der Waals surface area (Å²) in [5, 5.41) is 0. The van der Waals surface area contributed by atoms with Crippen molar-refractivity contribution in [3.63, 3.8) is 0 Å². The fourth-order valence-corrected chi connectivity index (χ4v) is 4.16. The van der Waals surface area contributed by atoms with Crippen LogP contribution in [-0.4, -0.2) is 42.9 Å². The molecule has 0 bridgehead atoms. The molecule has 29 heavy (non-hydrogen) atoms. The van der Waals surface area contributed by atoms with Crippen molar-refractivity contribution in [2.24, 2.45) is 5.92 Å². The van der Waals surface area contributed by atoms with Gasteiger partial charge in [0.25, 0.3) is 0 Å². The molecule has 1 fully saturated rings. The summed E-state index contributed by atoms with van der Waals surface area (Å²) in [7, 11) is 0. The lowest BCUT2D eigenvalue weighted by molar-refractivity contribution is -0.136. The number of anilines is 1. The first-order valence-electron chi connectivity index (χ1n) is 9.70. The van der Waals surface area contributed by atoms with Crippen molar-refractivity contribution >= 4 is 29.3 Å². The Kier molecular flexibility index (Phi) is 5.67. The van der Waals surface area contributed by atoms with E-state index in [0.717, 1.165) is 21.9 Å². The zero-order valence-electron chi connectivity index (χ0n) is 16.6. The van der Waals surface area contributed by atoms with Crippen LogP contribution >= 0.6 is 11.8 Å². The molecule has 2 aliphatic heterocycles. The van der Waals surface area contributed by atoms with Crippen molar-refractivity contribution in [1.29, 1.82) is 0 Å². The minimum absolute atomic E-state index is 0.000570. The van der Waals surface area contributed by atoms with Crippen LogP contribution in [-0.2, 0) is 16.1 Å². The van der Waals surface area contributed by atoms with E-state index in [4.69, 9.17) is 9.47 Å². The van der Waals surface area contributed by atoms with Gasteiger partial charge in [-0.1, -0.05) is 6.07 Å². The number of carbonyl (C=O) groups excluding carboxylic acids is 2. The number of benzene rings is 2. The molecule has 152 valence electrons. The van der Waals surface area contributed by atoms with E-state index >= 15 is 0 Å². The SMILES string of the molecule is CCN(Cc1ccc2c(c1)OCO2)C(=O)[C@H]1CC(=O)N(c2ccc(SC)cc2)C1. The number of hydrogen-bond acceptors (Lipinski definition) is 5. The van der Waals surface area contributed by atoms with Crippen LogP contribution in [0.5, 0.6) is 11.5 Å². The molecule has 2 aromatic rings. The van der Waals surface area contributed by atoms with Crippen molar-refractivity contribution in [3.05, 3.63) is 48.0 Å². The second-order valence-corrected chi connectivity index (χ2v) is 8.02. The van der Waals surface area contributed by atoms with E-state index in [1.54, 1.807) is 21.6 Å². The topological polar surface area (TPSA) is 59.1 Å². The highest BCUT2D eigenvalue weighted by atomic mass is 32.2. The zero-order valence-corrected chi connectivity index (χ0v) is 17.4. The molecule has 0 saturated carbocycles. The summed E-state index contributed by atoms with van der Waals surface area (Å²) in [4.78, 5) is 30.4. The maximum Gasteiger partial charge on any atom is 0.231 e. The van der Waals surface area contributed by atoms with Gasteiger partial charge in [-0.25, -0.2) is 0 Å². The summed E-state index contributed by atoms with van der Waals surface area (Å²) in [5.41, 5.74) is 1.83. The fraction of sp³-hybridized carbons (Fsp3) is 0.364. The quantitative estimate of drug-likeness (QED) is 0.680. The second-order valence-electron chi connectivity index (χ2n) is 7.14. The predicted molar refractivity (Wildman–Crippen MR) is 112 cm³/mol. The lowest BCUT2D eigenvalue weighted by atomic mass is 10.1. The Morgan fingerprint density at radius 2 is 1.93 bits per heavy atom. The van der Waals surface area contributed by atoms with Crippen LogP contribution in [0.3, 0.4) is 0 Å². The van der Waals surface area contributed by atoms with Crippen molar-refractivity contribution in [2.75, 3.05) is 31.0 Å². The molecule has 2 aromatic carbocycles. The van der Waals surface area contributed by atoms with E-state index in [2.05, 4.69) is 0 Å². The Morgan fingerprint density at radius 1 is 1.17 bits per heavy atom. The molecule has 0 unspecified atom stereocenters. The average Bonchev–Trinajstić information content (AvgIpc) is 3.37. The van der Waals surface area contributed by atoms with E-state index in [1.165, 1.54) is 0 Å². The Morgan fingerprint density at radius 3 is 2.66 bits per heavy atom. The highest BCUT2D eigenvalue weighted by Gasteiger charge is 2.37. The molecule has 2 aliphatic rings. The number of nitrogens with zero attached hydrogens (tertiary/aromatic N) is 2. The van der Waals surface area contributed by atoms with Crippen LogP contribution in [0, 0.1) is 5.92 Å². The summed E-state index contributed by atoms with van der Waals surface area (Å²) >= 11 is 1.66. The first kappa shape index (κ1) is 19.6. The maximum absolute atomic E-state index is 13.1. The number of hydrogen-bond donors (Lipinski definition) is 0. The number of thioether (sulfide) groups is 1. The molecule has 0 spiro atoms. The van der Waals surface area contributed by atoms with Gasteiger partial charge in [-0.15, -0.1) is 11.8 Å². The number of amides is 2. The summed E-state index contributed by atoms with van der Waals surface area (Å²) in [6, 6.07) is 13.6. The van der Waals surface area contributed by atoms with Gasteiger partial charge in [-0.05, 0) is 55.1 Å². The van der Waals surface area contributed by atoms with Gasteiger partial charge in [-0.3, -0.25) is 9.59 Å². The normalized spacial score (nSPS) is 17.7. The highest BCUT2D eigenvalue weighted by molar-refractivity contribution is 7.98. The molecular weight excluding hydrogens is 388 g/mol. The molecule has 1 saturated heterocycles. The monoisotopic (exact) mass is 412 g/mol. The van der Waals surface area contributed by atoms with Crippen molar-refractivity contribution in [1.82, 2.24) is 4.90 Å². The second kappa shape index (κ2) is 8.37. The number of carbonyl (C=O) groups is 2. The smallest absolute Gasteiger partial charge is 0.231 e. The molecule has 0 radical (unpaired) electrons. The van der Waals surface area contributed by atoms with Gasteiger partial charge in [0.1, 0.15) is 0 Å². The molecule has 0 N–H and O–H groups in total. The molecular formula is C22H24N2O4S. The summed E-state index contributed by atoms with van der Waals surface area (Å²) in [5.74, 6) is 1.13. The first-order valence-corrected chi connectivity index (χ1v) is 10.9. The van der Waals surface area contributed by atoms with Gasteiger partial charge < -0.3 is 19.3 Å². The van der Waals surface area contributed by atoms with Crippen molar-refractivity contribution < 1.29 is 19.1 Å². The lowest BCUT2D eigenvalue weighted by Crippen LogP contribution is -2.37. The van der Waals surface area contributed by atoms with Crippen molar-refractivity contribution in [2.45, 2.75) is 24.8 Å². The maximum atomic E-state index is 13.1. The van der Waals surface area contributed by atoms with Crippen molar-refractivity contribution in [3.8, 4) is 11.5 Å². The van der Waals surface area contributed by atoms with E-state index in [9.17, 15) is 9.59 Å². The van der Waals surface area contributed by atoms with E-state index in [1.807, 2.05) is 55.6 Å². The van der Waals surface area contributed by atoms with Crippen LogP contribution in [0.4, 0.5) is 5.69 Å². The minimum atomic E-state index is -0.323. The average molecular weight is 413 g/mol. The van der Waals surface area contributed by atoms with Gasteiger partial charge in [0.05, 0.1) is 5.92 Å². The summed E-state index contributed by atoms with van der Waals surface area (Å²) in [6.07, 6.45) is 2.27. The zero-order chi connectivity index (χ0) is 20.4. The van der Waals surface area contributed by atoms with Crippen LogP contribution < -0.4 is 14.4 Å². The molecule has 2 heterocycles. The molecule has 1 atom stereocenters. The molecule has 4 rings (SSSR count). The van der Waals surface area contributed by atoms with Gasteiger partial charge in [-0.2, -0.15) is 0 Å². The van der Waals surface area contributed by atoms with E-state index < -0.39 is 0 Å². The molecule has 0 aromatic heterocycles. The van der Waals surface area contributed by atoms with Crippen LogP contribution in [0.1, 0.15) is 18.9 Å². The molecule has 2 amide bonds. The van der Waals surface area contributed by atoms with Gasteiger partial charge in [0.2, 0.25) is 18.6 Å². The van der Waals surface area contributed by atoms with Crippen LogP contribution in [0.15, 0.2) is 47.4 Å². The first-order chi connectivity index (χ1) is 14.1. The Bertz CT molecular complexity index is 916. The fourth-order valence-electron chi connectivity index (χ4n) is 3.75. The number of fused-ring (bicyclic) bond motifs is 1.